The quantitative estimate of drug-likeness (QED) is 0.269. The monoisotopic (exact) mass is 518 g/mol. The molecule has 39 heavy (non-hydrogen) atoms. The molecule has 3 aromatic carbocycles. The molecule has 10 heteroatoms. The Bertz CT molecular complexity index is 1790. The Morgan fingerprint density at radius 2 is 1.85 bits per heavy atom. The number of H-pyrrole nitrogens is 1. The van der Waals surface area contributed by atoms with Crippen LogP contribution in [0.1, 0.15) is 16.2 Å². The first-order chi connectivity index (χ1) is 19.1. The van der Waals surface area contributed by atoms with Gasteiger partial charge in [0.2, 0.25) is 17.7 Å². The van der Waals surface area contributed by atoms with Crippen LogP contribution in [-0.2, 0) is 6.54 Å². The van der Waals surface area contributed by atoms with Crippen LogP contribution in [0.4, 0.5) is 0 Å². The van der Waals surface area contributed by atoms with E-state index in [1.807, 2.05) is 48.5 Å². The molecule has 6 aromatic rings. The van der Waals surface area contributed by atoms with Crippen molar-refractivity contribution in [1.29, 1.82) is 0 Å². The zero-order valence-electron chi connectivity index (χ0n) is 20.8. The maximum atomic E-state index is 12.8. The third-order valence-electron chi connectivity index (χ3n) is 6.16. The smallest absolute Gasteiger partial charge is 0.251 e. The first-order valence-electron chi connectivity index (χ1n) is 12.1. The SMILES string of the molecule is COc1ncccc1-c1ccc(O)c(-c2nc3cc(C(=O)NCc4nnc(-c5ccccc5)o4)ccc3[nH]2)c1. The van der Waals surface area contributed by atoms with Crippen LogP contribution in [0, 0.1) is 0 Å². The molecule has 192 valence electrons. The molecule has 0 unspecified atom stereocenters. The van der Waals surface area contributed by atoms with Gasteiger partial charge in [0.1, 0.15) is 11.6 Å². The van der Waals surface area contributed by atoms with E-state index >= 15 is 0 Å². The molecule has 0 aliphatic rings. The second-order valence-corrected chi connectivity index (χ2v) is 8.66. The maximum absolute atomic E-state index is 12.8. The number of methoxy groups -OCH3 is 1. The third kappa shape index (κ3) is 4.78. The van der Waals surface area contributed by atoms with Gasteiger partial charge in [-0.05, 0) is 60.2 Å². The molecule has 0 saturated heterocycles. The van der Waals surface area contributed by atoms with Gasteiger partial charge in [0.15, 0.2) is 0 Å². The normalized spacial score (nSPS) is 11.0. The number of rotatable bonds is 7. The Kier molecular flexibility index (Phi) is 6.18. The van der Waals surface area contributed by atoms with E-state index < -0.39 is 0 Å². The maximum Gasteiger partial charge on any atom is 0.251 e. The highest BCUT2D eigenvalue weighted by Crippen LogP contribution is 2.35. The van der Waals surface area contributed by atoms with Gasteiger partial charge in [-0.3, -0.25) is 4.79 Å². The summed E-state index contributed by atoms with van der Waals surface area (Å²) in [7, 11) is 1.56. The third-order valence-corrected chi connectivity index (χ3v) is 6.16. The Balaban J connectivity index is 1.22. The number of aromatic amines is 1. The number of nitrogens with one attached hydrogen (secondary N) is 2. The van der Waals surface area contributed by atoms with Crippen molar-refractivity contribution in [3.05, 3.63) is 96.5 Å². The van der Waals surface area contributed by atoms with Crippen molar-refractivity contribution in [3.8, 4) is 45.6 Å². The Hall–Kier alpha value is -5.51. The van der Waals surface area contributed by atoms with Crippen LogP contribution >= 0.6 is 0 Å². The summed E-state index contributed by atoms with van der Waals surface area (Å²) in [5.41, 5.74) is 4.62. The van der Waals surface area contributed by atoms with E-state index in [4.69, 9.17) is 9.15 Å². The van der Waals surface area contributed by atoms with Gasteiger partial charge in [-0.25, -0.2) is 9.97 Å². The van der Waals surface area contributed by atoms with Crippen LogP contribution in [0.25, 0.3) is 45.0 Å². The van der Waals surface area contributed by atoms with E-state index in [9.17, 15) is 9.90 Å². The number of nitrogens with zero attached hydrogens (tertiary/aromatic N) is 4. The van der Waals surface area contributed by atoms with E-state index in [-0.39, 0.29) is 18.2 Å². The molecule has 0 bridgehead atoms. The predicted octanol–water partition coefficient (Wildman–Crippen LogP) is 4.99. The molecular formula is C29H22N6O4. The summed E-state index contributed by atoms with van der Waals surface area (Å²) < 4.78 is 11.0. The van der Waals surface area contributed by atoms with E-state index in [2.05, 4.69) is 30.5 Å². The van der Waals surface area contributed by atoms with E-state index in [0.717, 1.165) is 22.2 Å². The van der Waals surface area contributed by atoms with Crippen molar-refractivity contribution < 1.29 is 19.1 Å². The highest BCUT2D eigenvalue weighted by atomic mass is 16.5. The number of pyridine rings is 1. The lowest BCUT2D eigenvalue weighted by atomic mass is 10.0. The molecule has 0 atom stereocenters. The van der Waals surface area contributed by atoms with Gasteiger partial charge in [-0.2, -0.15) is 0 Å². The summed E-state index contributed by atoms with van der Waals surface area (Å²) in [5, 5.41) is 21.4. The number of phenols is 1. The van der Waals surface area contributed by atoms with Crippen LogP contribution in [-0.4, -0.2) is 43.3 Å². The molecular weight excluding hydrogens is 496 g/mol. The largest absolute Gasteiger partial charge is 0.507 e. The van der Waals surface area contributed by atoms with E-state index in [1.54, 1.807) is 43.6 Å². The number of phenolic OH excluding ortho intramolecular Hbond substituents is 1. The van der Waals surface area contributed by atoms with Crippen molar-refractivity contribution in [2.75, 3.05) is 7.11 Å². The number of imidazole rings is 1. The lowest BCUT2D eigenvalue weighted by Crippen LogP contribution is -2.22. The number of aromatic hydroxyl groups is 1. The summed E-state index contributed by atoms with van der Waals surface area (Å²) in [6.45, 7) is 0.0843. The topological polar surface area (TPSA) is 139 Å². The van der Waals surface area contributed by atoms with Gasteiger partial charge < -0.3 is 24.6 Å². The summed E-state index contributed by atoms with van der Waals surface area (Å²) in [6.07, 6.45) is 1.65. The minimum absolute atomic E-state index is 0.0630. The number of amides is 1. The molecule has 10 nitrogen and oxygen atoms in total. The van der Waals surface area contributed by atoms with E-state index in [1.165, 1.54) is 0 Å². The zero-order chi connectivity index (χ0) is 26.8. The Labute approximate surface area is 222 Å². The fourth-order valence-electron chi connectivity index (χ4n) is 4.22. The number of carbonyl (C=O) groups excluding carboxylic acids is 1. The number of fused-ring (bicyclic) bond motifs is 1. The minimum Gasteiger partial charge on any atom is -0.507 e. The molecule has 0 radical (unpaired) electrons. The molecule has 1 amide bonds. The predicted molar refractivity (Wildman–Crippen MR) is 144 cm³/mol. The summed E-state index contributed by atoms with van der Waals surface area (Å²) in [4.78, 5) is 24.9. The highest BCUT2D eigenvalue weighted by molar-refractivity contribution is 5.97. The fraction of sp³-hybridized carbons (Fsp3) is 0.0690. The van der Waals surface area contributed by atoms with E-state index in [0.29, 0.717) is 40.1 Å². The Morgan fingerprint density at radius 1 is 0.974 bits per heavy atom. The second-order valence-electron chi connectivity index (χ2n) is 8.66. The fourth-order valence-corrected chi connectivity index (χ4v) is 4.22. The molecule has 0 saturated carbocycles. The van der Waals surface area contributed by atoms with Crippen LogP contribution in [0.2, 0.25) is 0 Å². The summed E-state index contributed by atoms with van der Waals surface area (Å²) in [6, 6.07) is 23.5. The molecule has 0 aliphatic carbocycles. The van der Waals surface area contributed by atoms with Gasteiger partial charge in [-0.15, -0.1) is 10.2 Å². The molecule has 0 spiro atoms. The molecule has 0 fully saturated rings. The van der Waals surface area contributed by atoms with Gasteiger partial charge in [0.05, 0.1) is 30.3 Å². The average Bonchev–Trinajstić information content (AvgIpc) is 3.63. The lowest BCUT2D eigenvalue weighted by Gasteiger charge is -2.09. The number of carbonyl (C=O) groups is 1. The van der Waals surface area contributed by atoms with Gasteiger partial charge >= 0.3 is 0 Å². The summed E-state index contributed by atoms with van der Waals surface area (Å²) >= 11 is 0. The molecule has 0 aliphatic heterocycles. The van der Waals surface area contributed by atoms with Crippen molar-refractivity contribution in [2.24, 2.45) is 0 Å². The standard InChI is InChI=1S/C29H22N6O4/c1-38-29-20(8-5-13-30-29)18-10-12-24(36)21(14-18)26-32-22-11-9-19(15-23(22)33-26)27(37)31-16-25-34-35-28(39-25)17-6-3-2-4-7-17/h2-15,36H,16H2,1H3,(H,31,37)(H,32,33). The first kappa shape index (κ1) is 23.9. The zero-order valence-corrected chi connectivity index (χ0v) is 20.8. The van der Waals surface area contributed by atoms with Crippen molar-refractivity contribution in [1.82, 2.24) is 30.5 Å². The van der Waals surface area contributed by atoms with Crippen LogP contribution < -0.4 is 10.1 Å². The molecule has 3 heterocycles. The molecule has 3 N–H and O–H groups in total. The van der Waals surface area contributed by atoms with Gasteiger partial charge in [0, 0.05) is 22.9 Å². The molecule has 3 aromatic heterocycles. The highest BCUT2D eigenvalue weighted by Gasteiger charge is 2.16. The van der Waals surface area contributed by atoms with Crippen LogP contribution in [0.3, 0.4) is 0 Å². The number of hydrogen-bond donors (Lipinski definition) is 3. The van der Waals surface area contributed by atoms with Gasteiger partial charge in [0.25, 0.3) is 5.91 Å². The molecule has 6 rings (SSSR count). The Morgan fingerprint density at radius 3 is 2.69 bits per heavy atom. The summed E-state index contributed by atoms with van der Waals surface area (Å²) in [5.74, 6) is 1.38. The average molecular weight is 519 g/mol. The number of benzene rings is 3. The lowest BCUT2D eigenvalue weighted by molar-refractivity contribution is 0.0947. The van der Waals surface area contributed by atoms with Gasteiger partial charge in [-0.1, -0.05) is 24.3 Å². The van der Waals surface area contributed by atoms with Crippen molar-refractivity contribution in [2.45, 2.75) is 6.54 Å². The van der Waals surface area contributed by atoms with Crippen LogP contribution in [0.15, 0.2) is 89.5 Å². The second kappa shape index (κ2) is 10.1. The number of aromatic nitrogens is 5. The van der Waals surface area contributed by atoms with Crippen LogP contribution in [0.5, 0.6) is 11.6 Å². The number of ether oxygens (including phenoxy) is 1. The van der Waals surface area contributed by atoms with Crippen molar-refractivity contribution in [3.63, 3.8) is 0 Å². The number of hydrogen-bond acceptors (Lipinski definition) is 8. The first-order valence-corrected chi connectivity index (χ1v) is 12.1. The van der Waals surface area contributed by atoms with Crippen molar-refractivity contribution >= 4 is 16.9 Å². The minimum atomic E-state index is -0.311.